The Labute approximate surface area is 366 Å². The minimum Gasteiger partial charge on any atom is -0.372 e. The average molecular weight is 848 g/mol. The maximum Gasteiger partial charge on any atom is 0.239 e. The van der Waals surface area contributed by atoms with E-state index in [0.717, 1.165) is 55.2 Å². The van der Waals surface area contributed by atoms with Gasteiger partial charge in [-0.2, -0.15) is 0 Å². The fourth-order valence-electron chi connectivity index (χ4n) is 9.24. The van der Waals surface area contributed by atoms with Crippen LogP contribution in [0.15, 0.2) is 91.0 Å². The smallest absolute Gasteiger partial charge is 0.239 e. The van der Waals surface area contributed by atoms with Gasteiger partial charge in [0.25, 0.3) is 0 Å². The molecule has 5 atom stereocenters. The maximum atomic E-state index is 15.2. The fourth-order valence-corrected chi connectivity index (χ4v) is 9.24. The number of carbonyl (C=O) groups excluding carboxylic acids is 7. The number of carbonyl (C=O) groups is 7. The molecule has 3 amide bonds. The molecule has 0 aromatic heterocycles. The van der Waals surface area contributed by atoms with Gasteiger partial charge in [0.15, 0.2) is 11.6 Å². The summed E-state index contributed by atoms with van der Waals surface area (Å²) in [4.78, 5) is 97.5. The molecule has 62 heavy (non-hydrogen) atoms. The van der Waals surface area contributed by atoms with Crippen molar-refractivity contribution in [1.82, 2.24) is 10.2 Å². The van der Waals surface area contributed by atoms with Gasteiger partial charge in [0.2, 0.25) is 23.5 Å². The predicted molar refractivity (Wildman–Crippen MR) is 237 cm³/mol. The lowest BCUT2D eigenvalue weighted by Gasteiger charge is -2.35. The Balaban J connectivity index is 1.37. The highest BCUT2D eigenvalue weighted by molar-refractivity contribution is 6.38. The van der Waals surface area contributed by atoms with Gasteiger partial charge in [-0.1, -0.05) is 143 Å². The van der Waals surface area contributed by atoms with Crippen LogP contribution in [0.3, 0.4) is 0 Å². The quantitative estimate of drug-likeness (QED) is 0.0821. The van der Waals surface area contributed by atoms with Crippen molar-refractivity contribution in [3.8, 4) is 0 Å². The first kappa shape index (κ1) is 47.8. The zero-order valence-corrected chi connectivity index (χ0v) is 36.5. The molecule has 2 aliphatic rings. The Morgan fingerprint density at radius 1 is 0.758 bits per heavy atom. The number of hydrogen-bond acceptors (Lipinski definition) is 8. The van der Waals surface area contributed by atoms with Crippen LogP contribution in [0.25, 0.3) is 0 Å². The van der Waals surface area contributed by atoms with Gasteiger partial charge in [-0.3, -0.25) is 33.6 Å². The van der Waals surface area contributed by atoms with Crippen LogP contribution in [-0.4, -0.2) is 70.5 Å². The van der Waals surface area contributed by atoms with Gasteiger partial charge in [0, 0.05) is 50.5 Å². The van der Waals surface area contributed by atoms with Crippen molar-refractivity contribution in [1.29, 1.82) is 0 Å². The Morgan fingerprint density at radius 2 is 1.37 bits per heavy atom. The molecular formula is C51H65N3O8. The number of benzene rings is 3. The first-order valence-corrected chi connectivity index (χ1v) is 22.8. The molecule has 3 unspecified atom stereocenters. The molecule has 3 N–H and O–H groups in total. The van der Waals surface area contributed by atoms with Crippen molar-refractivity contribution in [2.24, 2.45) is 23.5 Å². The Kier molecular flexibility index (Phi) is 18.8. The topological polar surface area (TPSA) is 170 Å². The summed E-state index contributed by atoms with van der Waals surface area (Å²) >= 11 is 0. The second kappa shape index (κ2) is 24.4. The Bertz CT molecular complexity index is 1910. The highest BCUT2D eigenvalue weighted by atomic mass is 16.5. The summed E-state index contributed by atoms with van der Waals surface area (Å²) in [7, 11) is 0. The largest absolute Gasteiger partial charge is 0.372 e. The number of ketones is 4. The number of Topliss-reactive ketones (excluding diaryl/α,β-unsaturated/α-hetero) is 4. The molecule has 332 valence electrons. The summed E-state index contributed by atoms with van der Waals surface area (Å²) in [6, 6.07) is 27.1. The van der Waals surface area contributed by atoms with E-state index in [9.17, 15) is 28.8 Å². The standard InChI is InChI=1S/C51H65N3O8/c1-3-5-27-42(50(52)60)53-47(58)29-28-44(55)49(59)39(18-4-2)30-45(56)43-31-40(62-34-35-19-10-6-11-20-35)33-54(43)51(61)41(36-21-12-7-13-22-36)32-46(57)48(37-23-14-8-15-24-37)38-25-16-9-17-26-38/h6,8-11,14-17,19-20,23-26,36,39-43,48H,3-5,7,12-13,18,21-22,27-34H2,1-2H3,(H2,52,60)(H,53,58)/t39?,40-,41?,42?,43+/m1/s1. The number of nitrogens with one attached hydrogen (secondary N) is 1. The number of hydrogen-bond donors (Lipinski definition) is 2. The van der Waals surface area contributed by atoms with Gasteiger partial charge >= 0.3 is 0 Å². The number of ether oxygens (including phenoxy) is 1. The minimum atomic E-state index is -0.930. The zero-order chi connectivity index (χ0) is 44.4. The number of unbranched alkanes of at least 4 members (excludes halogenated alkanes) is 1. The van der Waals surface area contributed by atoms with Crippen LogP contribution in [-0.2, 0) is 44.9 Å². The third-order valence-corrected chi connectivity index (χ3v) is 12.6. The van der Waals surface area contributed by atoms with Crippen molar-refractivity contribution in [2.45, 2.75) is 141 Å². The number of rotatable bonds is 25. The number of nitrogens with zero attached hydrogens (tertiary/aromatic N) is 1. The monoisotopic (exact) mass is 847 g/mol. The number of nitrogens with two attached hydrogens (primary N) is 1. The van der Waals surface area contributed by atoms with E-state index in [4.69, 9.17) is 10.5 Å². The van der Waals surface area contributed by atoms with Crippen LogP contribution < -0.4 is 11.1 Å². The predicted octanol–water partition coefficient (Wildman–Crippen LogP) is 7.61. The summed E-state index contributed by atoms with van der Waals surface area (Å²) in [6.45, 7) is 4.26. The lowest BCUT2D eigenvalue weighted by molar-refractivity contribution is -0.146. The molecule has 1 saturated heterocycles. The van der Waals surface area contributed by atoms with Gasteiger partial charge in [0.1, 0.15) is 11.8 Å². The zero-order valence-electron chi connectivity index (χ0n) is 36.5. The highest BCUT2D eigenvalue weighted by Gasteiger charge is 2.45. The van der Waals surface area contributed by atoms with E-state index >= 15 is 4.79 Å². The second-order valence-electron chi connectivity index (χ2n) is 17.2. The lowest BCUT2D eigenvalue weighted by Crippen LogP contribution is -2.47. The molecule has 1 aliphatic carbocycles. The second-order valence-corrected chi connectivity index (χ2v) is 17.2. The summed E-state index contributed by atoms with van der Waals surface area (Å²) in [5.74, 6) is -5.53. The molecule has 11 nitrogen and oxygen atoms in total. The lowest BCUT2D eigenvalue weighted by atomic mass is 9.74. The van der Waals surface area contributed by atoms with Gasteiger partial charge in [-0.25, -0.2) is 0 Å². The molecule has 1 aliphatic heterocycles. The van der Waals surface area contributed by atoms with E-state index in [1.165, 1.54) is 0 Å². The van der Waals surface area contributed by atoms with E-state index < -0.39 is 59.3 Å². The van der Waals surface area contributed by atoms with Crippen LogP contribution in [0, 0.1) is 17.8 Å². The van der Waals surface area contributed by atoms with Crippen molar-refractivity contribution in [3.05, 3.63) is 108 Å². The third-order valence-electron chi connectivity index (χ3n) is 12.6. The van der Waals surface area contributed by atoms with Crippen LogP contribution in [0.1, 0.15) is 133 Å². The molecule has 1 saturated carbocycles. The molecule has 0 spiro atoms. The molecule has 5 rings (SSSR count). The summed E-state index contributed by atoms with van der Waals surface area (Å²) in [6.07, 6.45) is 6.11. The summed E-state index contributed by atoms with van der Waals surface area (Å²) in [5, 5.41) is 2.57. The summed E-state index contributed by atoms with van der Waals surface area (Å²) < 4.78 is 6.37. The molecule has 3 aromatic rings. The first-order chi connectivity index (χ1) is 30.0. The van der Waals surface area contributed by atoms with Crippen LogP contribution >= 0.6 is 0 Å². The van der Waals surface area contributed by atoms with Crippen molar-refractivity contribution >= 4 is 40.9 Å². The van der Waals surface area contributed by atoms with Gasteiger partial charge < -0.3 is 20.7 Å². The van der Waals surface area contributed by atoms with E-state index in [1.54, 1.807) is 4.90 Å². The maximum absolute atomic E-state index is 15.2. The Morgan fingerprint density at radius 3 is 1.95 bits per heavy atom. The van der Waals surface area contributed by atoms with E-state index in [0.29, 0.717) is 19.3 Å². The van der Waals surface area contributed by atoms with Crippen molar-refractivity contribution in [2.75, 3.05) is 6.54 Å². The van der Waals surface area contributed by atoms with Gasteiger partial charge in [0.05, 0.1) is 24.7 Å². The van der Waals surface area contributed by atoms with E-state index in [-0.39, 0.29) is 75.1 Å². The molecule has 2 fully saturated rings. The molecule has 0 radical (unpaired) electrons. The highest BCUT2D eigenvalue weighted by Crippen LogP contribution is 2.38. The molecular weight excluding hydrogens is 783 g/mol. The molecule has 3 aromatic carbocycles. The van der Waals surface area contributed by atoms with Crippen molar-refractivity contribution < 1.29 is 38.3 Å². The van der Waals surface area contributed by atoms with Crippen LogP contribution in [0.2, 0.25) is 0 Å². The van der Waals surface area contributed by atoms with Crippen LogP contribution in [0.4, 0.5) is 0 Å². The number of amides is 3. The Hall–Kier alpha value is -5.29. The van der Waals surface area contributed by atoms with E-state index in [2.05, 4.69) is 5.32 Å². The third kappa shape index (κ3) is 13.6. The van der Waals surface area contributed by atoms with Gasteiger partial charge in [-0.15, -0.1) is 0 Å². The molecule has 11 heteroatoms. The molecule has 1 heterocycles. The van der Waals surface area contributed by atoms with Gasteiger partial charge in [-0.05, 0) is 48.3 Å². The summed E-state index contributed by atoms with van der Waals surface area (Å²) in [5.41, 5.74) is 8.11. The number of primary amides is 1. The fraction of sp³-hybridized carbons (Fsp3) is 0.510. The molecule has 0 bridgehead atoms. The average Bonchev–Trinajstić information content (AvgIpc) is 3.73. The van der Waals surface area contributed by atoms with Crippen molar-refractivity contribution in [3.63, 3.8) is 0 Å². The minimum absolute atomic E-state index is 0.0166. The first-order valence-electron chi connectivity index (χ1n) is 22.8. The van der Waals surface area contributed by atoms with E-state index in [1.807, 2.05) is 105 Å². The SMILES string of the molecule is CCCCC(NC(=O)CCC(=O)C(=O)C(CCC)CC(=O)[C@@H]1C[C@@H](OCc2ccccc2)CN1C(=O)C(CC(=O)C(c1ccccc1)c1ccccc1)C1CCCCC1)C(N)=O. The normalized spacial score (nSPS) is 18.1. The van der Waals surface area contributed by atoms with Crippen LogP contribution in [0.5, 0.6) is 0 Å². The number of likely N-dealkylation sites (tertiary alicyclic amines) is 1.